The summed E-state index contributed by atoms with van der Waals surface area (Å²) in [5, 5.41) is 0.982. The molecule has 0 unspecified atom stereocenters. The highest BCUT2D eigenvalue weighted by atomic mass is 32.2. The second-order valence-electron chi connectivity index (χ2n) is 6.93. The van der Waals surface area contributed by atoms with Crippen LogP contribution >= 0.6 is 0 Å². The van der Waals surface area contributed by atoms with Crippen LogP contribution in [0.3, 0.4) is 0 Å². The molecule has 6 heteroatoms. The summed E-state index contributed by atoms with van der Waals surface area (Å²) in [5.74, 6) is -0.254. The van der Waals surface area contributed by atoms with Gasteiger partial charge in [0, 0.05) is 24.0 Å². The third kappa shape index (κ3) is 3.23. The van der Waals surface area contributed by atoms with Crippen molar-refractivity contribution in [2.75, 3.05) is 17.6 Å². The standard InChI is InChI=1S/C21H25FN2O2S/c1-5-21(6-2,15-10-12-16(22)13-11-15)18-14-23-20-17(18)8-7-9-19(20)24(3)27(4,25)26/h7-14,23H,5-6H2,1-4H3. The van der Waals surface area contributed by atoms with Crippen molar-refractivity contribution in [2.45, 2.75) is 32.1 Å². The molecule has 0 aliphatic rings. The van der Waals surface area contributed by atoms with Crippen LogP contribution in [0.4, 0.5) is 10.1 Å². The molecule has 1 aromatic heterocycles. The second-order valence-corrected chi connectivity index (χ2v) is 8.94. The normalized spacial score (nSPS) is 12.5. The van der Waals surface area contributed by atoms with Gasteiger partial charge in [0.2, 0.25) is 10.0 Å². The van der Waals surface area contributed by atoms with Crippen molar-refractivity contribution in [3.8, 4) is 0 Å². The van der Waals surface area contributed by atoms with Crippen molar-refractivity contribution < 1.29 is 12.8 Å². The molecule has 0 fully saturated rings. The van der Waals surface area contributed by atoms with Crippen LogP contribution in [0.15, 0.2) is 48.7 Å². The number of sulfonamides is 1. The molecule has 144 valence electrons. The average molecular weight is 389 g/mol. The summed E-state index contributed by atoms with van der Waals surface area (Å²) in [6, 6.07) is 12.3. The van der Waals surface area contributed by atoms with Gasteiger partial charge in [-0.3, -0.25) is 4.31 Å². The summed E-state index contributed by atoms with van der Waals surface area (Å²) in [5.41, 5.74) is 3.26. The van der Waals surface area contributed by atoms with Crippen LogP contribution in [0, 0.1) is 5.82 Å². The van der Waals surface area contributed by atoms with Gasteiger partial charge >= 0.3 is 0 Å². The van der Waals surface area contributed by atoms with E-state index < -0.39 is 10.0 Å². The smallest absolute Gasteiger partial charge is 0.232 e. The van der Waals surface area contributed by atoms with Gasteiger partial charge in [-0.1, -0.05) is 38.1 Å². The molecule has 0 aliphatic carbocycles. The van der Waals surface area contributed by atoms with Crippen LogP contribution in [0.2, 0.25) is 0 Å². The lowest BCUT2D eigenvalue weighted by Gasteiger charge is -2.32. The van der Waals surface area contributed by atoms with E-state index in [1.165, 1.54) is 22.7 Å². The number of aromatic amines is 1. The molecule has 1 N–H and O–H groups in total. The molecule has 0 spiro atoms. The van der Waals surface area contributed by atoms with Gasteiger partial charge in [0.15, 0.2) is 0 Å². The molecule has 0 aliphatic heterocycles. The van der Waals surface area contributed by atoms with E-state index in [1.807, 2.05) is 30.5 Å². The Labute approximate surface area is 160 Å². The predicted molar refractivity (Wildman–Crippen MR) is 109 cm³/mol. The molecule has 3 aromatic rings. The maximum Gasteiger partial charge on any atom is 0.232 e. The minimum absolute atomic E-state index is 0.254. The van der Waals surface area contributed by atoms with Crippen LogP contribution in [0.25, 0.3) is 10.9 Å². The molecule has 0 saturated heterocycles. The van der Waals surface area contributed by atoms with Gasteiger partial charge in [-0.05, 0) is 42.2 Å². The van der Waals surface area contributed by atoms with Gasteiger partial charge in [-0.15, -0.1) is 0 Å². The summed E-state index contributed by atoms with van der Waals surface area (Å²) in [6.45, 7) is 4.25. The fraction of sp³-hybridized carbons (Fsp3) is 0.333. The molecular weight excluding hydrogens is 363 g/mol. The monoisotopic (exact) mass is 388 g/mol. The number of fused-ring (bicyclic) bond motifs is 1. The zero-order valence-electron chi connectivity index (χ0n) is 16.1. The van der Waals surface area contributed by atoms with E-state index in [2.05, 4.69) is 18.8 Å². The van der Waals surface area contributed by atoms with E-state index in [9.17, 15) is 12.8 Å². The van der Waals surface area contributed by atoms with Crippen molar-refractivity contribution in [3.05, 3.63) is 65.6 Å². The SMILES string of the molecule is CCC(CC)(c1ccc(F)cc1)c1c[nH]c2c(N(C)S(C)(=O)=O)cccc12. The Kier molecular flexibility index (Phi) is 5.04. The summed E-state index contributed by atoms with van der Waals surface area (Å²) in [6.07, 6.45) is 4.83. The van der Waals surface area contributed by atoms with Crippen molar-refractivity contribution in [1.29, 1.82) is 0 Å². The molecule has 2 aromatic carbocycles. The average Bonchev–Trinajstić information content (AvgIpc) is 3.08. The summed E-state index contributed by atoms with van der Waals surface area (Å²) in [4.78, 5) is 3.28. The Balaban J connectivity index is 2.25. The molecule has 0 atom stereocenters. The Morgan fingerprint density at radius 3 is 2.26 bits per heavy atom. The highest BCUT2D eigenvalue weighted by molar-refractivity contribution is 7.92. The Morgan fingerprint density at radius 2 is 1.70 bits per heavy atom. The largest absolute Gasteiger partial charge is 0.359 e. The molecular formula is C21H25FN2O2S. The Hall–Kier alpha value is -2.34. The Bertz CT molecular complexity index is 1050. The number of anilines is 1. The fourth-order valence-electron chi connectivity index (χ4n) is 3.94. The highest BCUT2D eigenvalue weighted by Gasteiger charge is 2.33. The van der Waals surface area contributed by atoms with Gasteiger partial charge in [0.25, 0.3) is 0 Å². The number of nitrogens with one attached hydrogen (secondary N) is 1. The third-order valence-electron chi connectivity index (χ3n) is 5.65. The number of H-pyrrole nitrogens is 1. The first-order chi connectivity index (χ1) is 12.7. The molecule has 0 amide bonds. The second kappa shape index (κ2) is 7.00. The molecule has 27 heavy (non-hydrogen) atoms. The molecule has 3 rings (SSSR count). The first kappa shape index (κ1) is 19.4. The summed E-state index contributed by atoms with van der Waals surface area (Å²) >= 11 is 0. The number of halogens is 1. The fourth-order valence-corrected chi connectivity index (χ4v) is 4.45. The number of hydrogen-bond donors (Lipinski definition) is 1. The van der Waals surface area contributed by atoms with Crippen LogP contribution in [-0.4, -0.2) is 26.7 Å². The van der Waals surface area contributed by atoms with E-state index in [0.29, 0.717) is 5.69 Å². The quantitative estimate of drug-likeness (QED) is 0.659. The molecule has 0 radical (unpaired) electrons. The first-order valence-electron chi connectivity index (χ1n) is 9.05. The van der Waals surface area contributed by atoms with Crippen molar-refractivity contribution in [1.82, 2.24) is 4.98 Å². The third-order valence-corrected chi connectivity index (χ3v) is 6.84. The zero-order chi connectivity index (χ0) is 19.8. The van der Waals surface area contributed by atoms with Gasteiger partial charge in [0.05, 0.1) is 17.5 Å². The van der Waals surface area contributed by atoms with Crippen LogP contribution < -0.4 is 4.31 Å². The topological polar surface area (TPSA) is 53.2 Å². The number of hydrogen-bond acceptors (Lipinski definition) is 2. The lowest BCUT2D eigenvalue weighted by Crippen LogP contribution is -2.26. The van der Waals surface area contributed by atoms with Crippen molar-refractivity contribution in [2.24, 2.45) is 0 Å². The van der Waals surface area contributed by atoms with E-state index in [1.54, 1.807) is 13.1 Å². The first-order valence-corrected chi connectivity index (χ1v) is 10.9. The van der Waals surface area contributed by atoms with Gasteiger partial charge in [-0.2, -0.15) is 0 Å². The minimum Gasteiger partial charge on any atom is -0.359 e. The number of aromatic nitrogens is 1. The number of nitrogens with zero attached hydrogens (tertiary/aromatic N) is 1. The molecule has 4 nitrogen and oxygen atoms in total. The predicted octanol–water partition coefficient (Wildman–Crippen LogP) is 4.81. The van der Waals surface area contributed by atoms with Crippen LogP contribution in [0.1, 0.15) is 37.8 Å². The van der Waals surface area contributed by atoms with E-state index >= 15 is 0 Å². The number of benzene rings is 2. The van der Waals surface area contributed by atoms with E-state index in [4.69, 9.17) is 0 Å². The van der Waals surface area contributed by atoms with Gasteiger partial charge < -0.3 is 4.98 Å². The summed E-state index contributed by atoms with van der Waals surface area (Å²) in [7, 11) is -1.82. The lowest BCUT2D eigenvalue weighted by atomic mass is 9.70. The molecule has 1 heterocycles. The van der Waals surface area contributed by atoms with Crippen LogP contribution in [-0.2, 0) is 15.4 Å². The molecule has 0 saturated carbocycles. The summed E-state index contributed by atoms with van der Waals surface area (Å²) < 4.78 is 38.8. The maximum absolute atomic E-state index is 13.5. The minimum atomic E-state index is -3.37. The van der Waals surface area contributed by atoms with Crippen molar-refractivity contribution >= 4 is 26.6 Å². The number of rotatable bonds is 6. The van der Waals surface area contributed by atoms with E-state index in [0.717, 1.165) is 34.9 Å². The highest BCUT2D eigenvalue weighted by Crippen LogP contribution is 2.43. The van der Waals surface area contributed by atoms with E-state index in [-0.39, 0.29) is 11.2 Å². The van der Waals surface area contributed by atoms with Gasteiger partial charge in [0.1, 0.15) is 5.82 Å². The van der Waals surface area contributed by atoms with Crippen molar-refractivity contribution in [3.63, 3.8) is 0 Å². The van der Waals surface area contributed by atoms with Gasteiger partial charge in [-0.25, -0.2) is 12.8 Å². The number of para-hydroxylation sites is 1. The lowest BCUT2D eigenvalue weighted by molar-refractivity contribution is 0.481. The van der Waals surface area contributed by atoms with Crippen LogP contribution in [0.5, 0.6) is 0 Å². The Morgan fingerprint density at radius 1 is 1.07 bits per heavy atom. The molecule has 0 bridgehead atoms. The zero-order valence-corrected chi connectivity index (χ0v) is 16.9. The maximum atomic E-state index is 13.5.